The van der Waals surface area contributed by atoms with Crippen molar-refractivity contribution in [1.82, 2.24) is 4.57 Å². The van der Waals surface area contributed by atoms with Gasteiger partial charge in [-0.2, -0.15) is 4.57 Å². The molecule has 0 unspecified atom stereocenters. The van der Waals surface area contributed by atoms with Gasteiger partial charge in [-0.25, -0.2) is 9.36 Å². The summed E-state index contributed by atoms with van der Waals surface area (Å²) >= 11 is 0. The van der Waals surface area contributed by atoms with Gasteiger partial charge in [-0.05, 0) is 29.8 Å². The number of hydrogen-bond acceptors (Lipinski definition) is 2. The van der Waals surface area contributed by atoms with Crippen molar-refractivity contribution in [1.29, 1.82) is 0 Å². The van der Waals surface area contributed by atoms with Gasteiger partial charge < -0.3 is 5.11 Å². The van der Waals surface area contributed by atoms with Crippen LogP contribution in [0.2, 0.25) is 0 Å². The van der Waals surface area contributed by atoms with E-state index in [2.05, 4.69) is 0 Å². The lowest BCUT2D eigenvalue weighted by Gasteiger charge is -2.16. The van der Waals surface area contributed by atoms with E-state index in [4.69, 9.17) is 0 Å². The molecule has 1 aromatic heterocycles. The van der Waals surface area contributed by atoms with Crippen molar-refractivity contribution in [3.8, 4) is 17.3 Å². The third kappa shape index (κ3) is 3.37. The van der Waals surface area contributed by atoms with E-state index in [1.165, 1.54) is 9.13 Å². The first kappa shape index (κ1) is 16.8. The predicted octanol–water partition coefficient (Wildman–Crippen LogP) is 2.78. The van der Waals surface area contributed by atoms with Gasteiger partial charge >= 0.3 is 5.56 Å². The molecule has 4 rings (SSSR count). The summed E-state index contributed by atoms with van der Waals surface area (Å²) in [4.78, 5) is 13.1. The Morgan fingerprint density at radius 2 is 1.33 bits per heavy atom. The van der Waals surface area contributed by atoms with E-state index in [-0.39, 0.29) is 17.0 Å². The average Bonchev–Trinajstić information content (AvgIpc) is 2.73. The summed E-state index contributed by atoms with van der Waals surface area (Å²) in [5.41, 5.74) is 2.33. The second-order valence-electron chi connectivity index (χ2n) is 6.28. The Hall–Kier alpha value is -3.66. The summed E-state index contributed by atoms with van der Waals surface area (Å²) in [6, 6.07) is 28.3. The fourth-order valence-electron chi connectivity index (χ4n) is 3.10. The van der Waals surface area contributed by atoms with E-state index < -0.39 is 0 Å². The Morgan fingerprint density at radius 3 is 1.96 bits per heavy atom. The Morgan fingerprint density at radius 1 is 0.778 bits per heavy atom. The van der Waals surface area contributed by atoms with Crippen LogP contribution in [0.15, 0.2) is 102 Å². The Labute approximate surface area is 157 Å². The van der Waals surface area contributed by atoms with Crippen LogP contribution in [0.3, 0.4) is 0 Å². The van der Waals surface area contributed by atoms with Gasteiger partial charge in [0.25, 0.3) is 6.33 Å². The zero-order valence-corrected chi connectivity index (χ0v) is 14.7. The van der Waals surface area contributed by atoms with Crippen LogP contribution in [-0.4, -0.2) is 4.57 Å². The Balaban J connectivity index is 1.95. The number of hydrogen-bond donors (Lipinski definition) is 0. The normalized spacial score (nSPS) is 10.7. The molecule has 0 aliphatic heterocycles. The Bertz CT molecular complexity index is 1110. The molecule has 0 fully saturated rings. The van der Waals surface area contributed by atoms with Gasteiger partial charge in [0.15, 0.2) is 0 Å². The molecule has 0 aliphatic rings. The van der Waals surface area contributed by atoms with Gasteiger partial charge in [0, 0.05) is 6.42 Å². The first-order chi connectivity index (χ1) is 13.2. The van der Waals surface area contributed by atoms with Gasteiger partial charge in [-0.15, -0.1) is 0 Å². The predicted molar refractivity (Wildman–Crippen MR) is 102 cm³/mol. The molecule has 3 aromatic carbocycles. The van der Waals surface area contributed by atoms with Gasteiger partial charge in [-0.3, -0.25) is 0 Å². The SMILES string of the molecule is O=c1c(Cc2ccccc2)c([O-])[n+](-c2ccccc2)cn1-c1ccccc1. The van der Waals surface area contributed by atoms with Crippen LogP contribution in [0.5, 0.6) is 5.88 Å². The van der Waals surface area contributed by atoms with E-state index >= 15 is 0 Å². The highest BCUT2D eigenvalue weighted by atomic mass is 16.3. The molecule has 0 bridgehead atoms. The van der Waals surface area contributed by atoms with E-state index in [0.717, 1.165) is 16.9 Å². The standard InChI is InChI=1S/C23H18N2O2/c26-22-21(16-18-10-4-1-5-11-18)23(27)25(20-14-8-3-9-15-20)17-24(22)19-12-6-2-7-13-19/h1-15,17H,16H2. The van der Waals surface area contributed by atoms with E-state index in [1.807, 2.05) is 91.0 Å². The highest BCUT2D eigenvalue weighted by Crippen LogP contribution is 2.14. The zero-order chi connectivity index (χ0) is 18.6. The molecular formula is C23H18N2O2. The van der Waals surface area contributed by atoms with Crippen LogP contribution in [0, 0.1) is 0 Å². The number of benzene rings is 3. The zero-order valence-electron chi connectivity index (χ0n) is 14.7. The third-order valence-corrected chi connectivity index (χ3v) is 4.48. The molecular weight excluding hydrogens is 336 g/mol. The molecule has 0 radical (unpaired) electrons. The summed E-state index contributed by atoms with van der Waals surface area (Å²) in [5, 5.41) is 13.1. The maximum Gasteiger partial charge on any atom is 0.345 e. The topological polar surface area (TPSA) is 48.9 Å². The molecule has 0 atom stereocenters. The highest BCUT2D eigenvalue weighted by molar-refractivity contribution is 5.35. The molecule has 0 saturated heterocycles. The maximum atomic E-state index is 13.1. The summed E-state index contributed by atoms with van der Waals surface area (Å²) in [6.07, 6.45) is 1.86. The average molecular weight is 354 g/mol. The molecule has 0 saturated carbocycles. The van der Waals surface area contributed by atoms with Crippen LogP contribution >= 0.6 is 0 Å². The number of nitrogens with zero attached hydrogens (tertiary/aromatic N) is 2. The van der Waals surface area contributed by atoms with E-state index in [0.29, 0.717) is 6.42 Å². The molecule has 0 N–H and O–H groups in total. The quantitative estimate of drug-likeness (QED) is 0.529. The van der Waals surface area contributed by atoms with Crippen LogP contribution in [0.25, 0.3) is 11.4 Å². The summed E-state index contributed by atoms with van der Waals surface area (Å²) in [6.45, 7) is 0. The lowest BCUT2D eigenvalue weighted by Crippen LogP contribution is -2.43. The number of aromatic nitrogens is 2. The smallest absolute Gasteiger partial charge is 0.345 e. The van der Waals surface area contributed by atoms with Crippen LogP contribution in [-0.2, 0) is 6.42 Å². The maximum absolute atomic E-state index is 13.1. The van der Waals surface area contributed by atoms with Crippen molar-refractivity contribution >= 4 is 0 Å². The fraction of sp³-hybridized carbons (Fsp3) is 0.0435. The van der Waals surface area contributed by atoms with E-state index in [9.17, 15) is 9.90 Å². The highest BCUT2D eigenvalue weighted by Gasteiger charge is 2.19. The van der Waals surface area contributed by atoms with Crippen molar-refractivity contribution in [2.45, 2.75) is 6.42 Å². The summed E-state index contributed by atoms with van der Waals surface area (Å²) < 4.78 is 3.07. The minimum Gasteiger partial charge on any atom is -0.842 e. The second-order valence-corrected chi connectivity index (χ2v) is 6.28. The minimum atomic E-state index is -0.290. The first-order valence-corrected chi connectivity index (χ1v) is 8.76. The van der Waals surface area contributed by atoms with Crippen molar-refractivity contribution in [3.63, 3.8) is 0 Å². The van der Waals surface area contributed by atoms with Crippen molar-refractivity contribution < 1.29 is 9.67 Å². The molecule has 4 nitrogen and oxygen atoms in total. The second kappa shape index (κ2) is 7.30. The molecule has 0 amide bonds. The van der Waals surface area contributed by atoms with Gasteiger partial charge in [0.05, 0.1) is 11.4 Å². The summed E-state index contributed by atoms with van der Waals surface area (Å²) in [5.74, 6) is -0.290. The monoisotopic (exact) mass is 354 g/mol. The van der Waals surface area contributed by atoms with Crippen molar-refractivity contribution in [3.05, 3.63) is 119 Å². The fourth-order valence-corrected chi connectivity index (χ4v) is 3.10. The van der Waals surface area contributed by atoms with Crippen LogP contribution < -0.4 is 15.2 Å². The molecule has 1 heterocycles. The molecule has 27 heavy (non-hydrogen) atoms. The molecule has 0 spiro atoms. The van der Waals surface area contributed by atoms with Gasteiger partial charge in [0.2, 0.25) is 0 Å². The number of para-hydroxylation sites is 2. The third-order valence-electron chi connectivity index (χ3n) is 4.48. The van der Waals surface area contributed by atoms with Gasteiger partial charge in [-0.1, -0.05) is 66.7 Å². The molecule has 4 aromatic rings. The first-order valence-electron chi connectivity index (χ1n) is 8.76. The Kier molecular flexibility index (Phi) is 4.54. The van der Waals surface area contributed by atoms with Gasteiger partial charge in [0.1, 0.15) is 11.4 Å². The summed E-state index contributed by atoms with van der Waals surface area (Å²) in [7, 11) is 0. The van der Waals surface area contributed by atoms with Crippen molar-refractivity contribution in [2.75, 3.05) is 0 Å². The van der Waals surface area contributed by atoms with E-state index in [1.54, 1.807) is 6.33 Å². The van der Waals surface area contributed by atoms with Crippen molar-refractivity contribution in [2.24, 2.45) is 0 Å². The molecule has 4 heteroatoms. The molecule has 0 aliphatic carbocycles. The van der Waals surface area contributed by atoms with Crippen LogP contribution in [0.4, 0.5) is 0 Å². The number of rotatable bonds is 4. The lowest BCUT2D eigenvalue weighted by molar-refractivity contribution is -0.655. The molecule has 132 valence electrons. The largest absolute Gasteiger partial charge is 0.842 e. The minimum absolute atomic E-state index is 0.247. The lowest BCUT2D eigenvalue weighted by atomic mass is 10.1. The van der Waals surface area contributed by atoms with Crippen LogP contribution in [0.1, 0.15) is 11.1 Å².